The number of carbonyl (C=O) groups is 1. The smallest absolute Gasteiger partial charge is 0.239 e. The summed E-state index contributed by atoms with van der Waals surface area (Å²) in [6, 6.07) is 3.78. The molecule has 100 valence electrons. The zero-order valence-corrected chi connectivity index (χ0v) is 11.6. The Kier molecular flexibility index (Phi) is 6.36. The van der Waals surface area contributed by atoms with Crippen LogP contribution in [-0.4, -0.2) is 35.9 Å². The topological polar surface area (TPSA) is 45.2 Å². The molecule has 0 saturated carbocycles. The molecule has 4 nitrogen and oxygen atoms in total. The second kappa shape index (κ2) is 7.82. The first-order valence-electron chi connectivity index (χ1n) is 6.53. The second-order valence-corrected chi connectivity index (χ2v) is 4.71. The minimum absolute atomic E-state index is 0.00732. The van der Waals surface area contributed by atoms with Gasteiger partial charge in [-0.1, -0.05) is 19.8 Å². The van der Waals surface area contributed by atoms with Gasteiger partial charge in [-0.2, -0.15) is 0 Å². The molecule has 1 heterocycles. The van der Waals surface area contributed by atoms with Gasteiger partial charge in [0.2, 0.25) is 5.91 Å². The number of aryl methyl sites for hydroxylation is 1. The van der Waals surface area contributed by atoms with E-state index in [0.717, 1.165) is 18.5 Å². The molecule has 0 aliphatic heterocycles. The van der Waals surface area contributed by atoms with Gasteiger partial charge >= 0.3 is 0 Å². The lowest BCUT2D eigenvalue weighted by atomic mass is 10.2. The van der Waals surface area contributed by atoms with Crippen LogP contribution in [0.2, 0.25) is 0 Å². The summed E-state index contributed by atoms with van der Waals surface area (Å²) in [4.78, 5) is 17.9. The van der Waals surface area contributed by atoms with Crippen molar-refractivity contribution in [3.63, 3.8) is 0 Å². The number of hydrogen-bond donors (Lipinski definition) is 1. The van der Waals surface area contributed by atoms with Gasteiger partial charge in [0.1, 0.15) is 5.82 Å². The van der Waals surface area contributed by atoms with E-state index in [9.17, 15) is 4.79 Å². The van der Waals surface area contributed by atoms with Crippen LogP contribution in [0, 0.1) is 6.92 Å². The number of likely N-dealkylation sites (N-methyl/N-ethyl adjacent to an activating group) is 1. The molecule has 1 amide bonds. The molecule has 0 saturated heterocycles. The fourth-order valence-corrected chi connectivity index (χ4v) is 1.74. The van der Waals surface area contributed by atoms with E-state index in [1.807, 2.05) is 31.0 Å². The molecular formula is C14H23N3O. The summed E-state index contributed by atoms with van der Waals surface area (Å²) in [6.45, 7) is 5.53. The molecule has 0 radical (unpaired) electrons. The van der Waals surface area contributed by atoms with Crippen molar-refractivity contribution in [2.45, 2.75) is 33.1 Å². The molecule has 0 aliphatic rings. The van der Waals surface area contributed by atoms with Crippen LogP contribution in [0.5, 0.6) is 0 Å². The first-order chi connectivity index (χ1) is 8.61. The van der Waals surface area contributed by atoms with Gasteiger partial charge in [-0.15, -0.1) is 0 Å². The van der Waals surface area contributed by atoms with Gasteiger partial charge in [-0.3, -0.25) is 9.69 Å². The third kappa shape index (κ3) is 5.77. The molecule has 0 spiro atoms. The van der Waals surface area contributed by atoms with Crippen molar-refractivity contribution >= 4 is 11.7 Å². The number of carbonyl (C=O) groups excluding carboxylic acids is 1. The lowest BCUT2D eigenvalue weighted by molar-refractivity contribution is -0.117. The Bertz CT molecular complexity index is 379. The normalized spacial score (nSPS) is 10.7. The van der Waals surface area contributed by atoms with Gasteiger partial charge in [0.25, 0.3) is 0 Å². The Morgan fingerprint density at radius 2 is 2.22 bits per heavy atom. The van der Waals surface area contributed by atoms with E-state index in [1.165, 1.54) is 12.8 Å². The maximum absolute atomic E-state index is 11.8. The number of amides is 1. The fourth-order valence-electron chi connectivity index (χ4n) is 1.74. The minimum atomic E-state index is -0.00732. The van der Waals surface area contributed by atoms with Crippen molar-refractivity contribution in [2.24, 2.45) is 0 Å². The van der Waals surface area contributed by atoms with Crippen LogP contribution in [0.3, 0.4) is 0 Å². The fraction of sp³-hybridized carbons (Fsp3) is 0.571. The van der Waals surface area contributed by atoms with Crippen molar-refractivity contribution in [3.05, 3.63) is 23.9 Å². The van der Waals surface area contributed by atoms with Gasteiger partial charge in [0, 0.05) is 6.20 Å². The van der Waals surface area contributed by atoms with Crippen LogP contribution in [-0.2, 0) is 4.79 Å². The second-order valence-electron chi connectivity index (χ2n) is 4.71. The standard InChI is InChI=1S/C14H23N3O/c1-4-5-6-9-17(3)11-14(18)16-13-10-12(2)7-8-15-13/h7-8,10H,4-6,9,11H2,1-3H3,(H,15,16,18). The van der Waals surface area contributed by atoms with Crippen molar-refractivity contribution in [3.8, 4) is 0 Å². The number of hydrogen-bond acceptors (Lipinski definition) is 3. The highest BCUT2D eigenvalue weighted by molar-refractivity contribution is 5.91. The third-order valence-corrected chi connectivity index (χ3v) is 2.74. The van der Waals surface area contributed by atoms with E-state index < -0.39 is 0 Å². The van der Waals surface area contributed by atoms with E-state index >= 15 is 0 Å². The van der Waals surface area contributed by atoms with Gasteiger partial charge in [0.15, 0.2) is 0 Å². The average Bonchev–Trinajstić information content (AvgIpc) is 2.29. The summed E-state index contributed by atoms with van der Waals surface area (Å²) < 4.78 is 0. The molecule has 0 aromatic carbocycles. The molecule has 0 unspecified atom stereocenters. The lowest BCUT2D eigenvalue weighted by Crippen LogP contribution is -2.31. The number of nitrogens with zero attached hydrogens (tertiary/aromatic N) is 2. The molecule has 0 atom stereocenters. The van der Waals surface area contributed by atoms with Gasteiger partial charge in [-0.25, -0.2) is 4.98 Å². The molecule has 1 aromatic rings. The largest absolute Gasteiger partial charge is 0.310 e. The third-order valence-electron chi connectivity index (χ3n) is 2.74. The number of rotatable bonds is 7. The van der Waals surface area contributed by atoms with E-state index in [-0.39, 0.29) is 5.91 Å². The summed E-state index contributed by atoms with van der Waals surface area (Å²) in [5.74, 6) is 0.619. The molecule has 0 fully saturated rings. The maximum atomic E-state index is 11.8. The highest BCUT2D eigenvalue weighted by Gasteiger charge is 2.07. The van der Waals surface area contributed by atoms with Crippen LogP contribution >= 0.6 is 0 Å². The Labute approximate surface area is 109 Å². The Balaban J connectivity index is 2.32. The molecule has 1 rings (SSSR count). The van der Waals surface area contributed by atoms with Gasteiger partial charge in [-0.05, 0) is 44.6 Å². The zero-order chi connectivity index (χ0) is 13.4. The first-order valence-corrected chi connectivity index (χ1v) is 6.53. The van der Waals surface area contributed by atoms with E-state index in [2.05, 4.69) is 17.2 Å². The van der Waals surface area contributed by atoms with Crippen molar-refractivity contribution in [1.82, 2.24) is 9.88 Å². The molecular weight excluding hydrogens is 226 g/mol. The number of pyridine rings is 1. The maximum Gasteiger partial charge on any atom is 0.239 e. The van der Waals surface area contributed by atoms with Crippen LogP contribution < -0.4 is 5.32 Å². The summed E-state index contributed by atoms with van der Waals surface area (Å²) >= 11 is 0. The molecule has 18 heavy (non-hydrogen) atoms. The number of nitrogens with one attached hydrogen (secondary N) is 1. The van der Waals surface area contributed by atoms with Crippen molar-refractivity contribution < 1.29 is 4.79 Å². The number of unbranched alkanes of at least 4 members (excludes halogenated alkanes) is 2. The van der Waals surface area contributed by atoms with E-state index in [0.29, 0.717) is 12.4 Å². The first kappa shape index (κ1) is 14.6. The highest BCUT2D eigenvalue weighted by atomic mass is 16.2. The summed E-state index contributed by atoms with van der Waals surface area (Å²) in [5.41, 5.74) is 1.09. The van der Waals surface area contributed by atoms with Crippen LogP contribution in [0.25, 0.3) is 0 Å². The molecule has 1 aromatic heterocycles. The highest BCUT2D eigenvalue weighted by Crippen LogP contribution is 2.05. The lowest BCUT2D eigenvalue weighted by Gasteiger charge is -2.15. The quantitative estimate of drug-likeness (QED) is 0.755. The number of anilines is 1. The van der Waals surface area contributed by atoms with E-state index in [4.69, 9.17) is 0 Å². The van der Waals surface area contributed by atoms with Crippen LogP contribution in [0.15, 0.2) is 18.3 Å². The molecule has 1 N–H and O–H groups in total. The molecule has 4 heteroatoms. The monoisotopic (exact) mass is 249 g/mol. The van der Waals surface area contributed by atoms with Crippen molar-refractivity contribution in [1.29, 1.82) is 0 Å². The van der Waals surface area contributed by atoms with Crippen molar-refractivity contribution in [2.75, 3.05) is 25.5 Å². The predicted molar refractivity (Wildman–Crippen MR) is 74.6 cm³/mol. The summed E-state index contributed by atoms with van der Waals surface area (Å²) in [7, 11) is 1.97. The summed E-state index contributed by atoms with van der Waals surface area (Å²) in [5, 5.41) is 2.81. The Hall–Kier alpha value is -1.42. The van der Waals surface area contributed by atoms with Crippen LogP contribution in [0.4, 0.5) is 5.82 Å². The van der Waals surface area contributed by atoms with Gasteiger partial charge in [0.05, 0.1) is 6.54 Å². The average molecular weight is 249 g/mol. The zero-order valence-electron chi connectivity index (χ0n) is 11.6. The Morgan fingerprint density at radius 3 is 2.89 bits per heavy atom. The van der Waals surface area contributed by atoms with Gasteiger partial charge < -0.3 is 5.32 Å². The SMILES string of the molecule is CCCCCN(C)CC(=O)Nc1cc(C)ccn1. The Morgan fingerprint density at radius 1 is 1.44 bits per heavy atom. The minimum Gasteiger partial charge on any atom is -0.310 e. The molecule has 0 bridgehead atoms. The summed E-state index contributed by atoms with van der Waals surface area (Å²) in [6.07, 6.45) is 5.26. The van der Waals surface area contributed by atoms with E-state index in [1.54, 1.807) is 6.20 Å². The molecule has 0 aliphatic carbocycles. The number of aromatic nitrogens is 1. The van der Waals surface area contributed by atoms with Crippen LogP contribution in [0.1, 0.15) is 31.7 Å². The predicted octanol–water partition coefficient (Wildman–Crippen LogP) is 2.45.